The average molecular weight is 476 g/mol. The van der Waals surface area contributed by atoms with Gasteiger partial charge in [0.1, 0.15) is 5.75 Å². The van der Waals surface area contributed by atoms with Gasteiger partial charge in [0.05, 0.1) is 11.0 Å². The normalized spacial score (nSPS) is 14.7. The molecule has 1 aliphatic carbocycles. The van der Waals surface area contributed by atoms with E-state index in [-0.39, 0.29) is 28.1 Å². The zero-order valence-electron chi connectivity index (χ0n) is 18.3. The third-order valence-electron chi connectivity index (χ3n) is 5.06. The second-order valence-electron chi connectivity index (χ2n) is 8.08. The van der Waals surface area contributed by atoms with Crippen LogP contribution < -0.4 is 20.1 Å². The molecule has 1 saturated carbocycles. The molecule has 1 amide bonds. The van der Waals surface area contributed by atoms with Crippen LogP contribution in [-0.4, -0.2) is 31.6 Å². The molecule has 1 aliphatic rings. The quantitative estimate of drug-likeness (QED) is 0.519. The van der Waals surface area contributed by atoms with E-state index < -0.39 is 10.0 Å². The van der Waals surface area contributed by atoms with Crippen LogP contribution in [0.25, 0.3) is 0 Å². The van der Waals surface area contributed by atoms with Gasteiger partial charge < -0.3 is 10.1 Å². The molecule has 0 unspecified atom stereocenters. The molecule has 0 saturated heterocycles. The lowest BCUT2D eigenvalue weighted by Gasteiger charge is -2.22. The summed E-state index contributed by atoms with van der Waals surface area (Å²) in [6.07, 6.45) is 5.06. The molecule has 32 heavy (non-hydrogen) atoms. The Hall–Kier alpha value is -2.49. The first-order chi connectivity index (χ1) is 15.2. The summed E-state index contributed by atoms with van der Waals surface area (Å²) in [5.41, 5.74) is 1.02. The highest BCUT2D eigenvalue weighted by molar-refractivity contribution is 7.89. The molecular weight excluding hydrogens is 446 g/mol. The number of carbonyl (C=O) groups excluding carboxylic acids is 1. The van der Waals surface area contributed by atoms with Crippen LogP contribution >= 0.6 is 12.2 Å². The highest BCUT2D eigenvalue weighted by atomic mass is 32.2. The van der Waals surface area contributed by atoms with Crippen molar-refractivity contribution in [2.45, 2.75) is 63.0 Å². The topological polar surface area (TPSA) is 96.5 Å². The van der Waals surface area contributed by atoms with Gasteiger partial charge in [-0.05, 0) is 87.4 Å². The van der Waals surface area contributed by atoms with Crippen molar-refractivity contribution in [3.8, 4) is 5.75 Å². The monoisotopic (exact) mass is 475 g/mol. The van der Waals surface area contributed by atoms with Crippen molar-refractivity contribution in [1.82, 2.24) is 10.0 Å². The standard InChI is InChI=1S/C23H29N3O4S2/c1-16(2)30-20-12-8-17(9-13-20)22(27)25-23(31)24-18-10-14-21(15-11-18)32(28,29)26-19-6-4-3-5-7-19/h8-16,19,26H,3-7H2,1-2H3,(H2,24,25,27,31). The molecule has 7 nitrogen and oxygen atoms in total. The minimum Gasteiger partial charge on any atom is -0.491 e. The third kappa shape index (κ3) is 7.01. The molecule has 3 N–H and O–H groups in total. The van der Waals surface area contributed by atoms with E-state index in [0.717, 1.165) is 32.1 Å². The predicted molar refractivity (Wildman–Crippen MR) is 130 cm³/mol. The number of carbonyl (C=O) groups is 1. The molecule has 0 spiro atoms. The maximum absolute atomic E-state index is 12.6. The lowest BCUT2D eigenvalue weighted by atomic mass is 9.96. The Kier molecular flexibility index (Phi) is 8.22. The second kappa shape index (κ2) is 10.9. The lowest BCUT2D eigenvalue weighted by Crippen LogP contribution is -2.36. The molecule has 3 rings (SSSR count). The molecule has 2 aromatic carbocycles. The van der Waals surface area contributed by atoms with Gasteiger partial charge in [-0.25, -0.2) is 13.1 Å². The smallest absolute Gasteiger partial charge is 0.257 e. The maximum Gasteiger partial charge on any atom is 0.257 e. The van der Waals surface area contributed by atoms with Gasteiger partial charge in [-0.15, -0.1) is 0 Å². The summed E-state index contributed by atoms with van der Waals surface area (Å²) in [7, 11) is -3.56. The van der Waals surface area contributed by atoms with E-state index in [2.05, 4.69) is 15.4 Å². The number of thiocarbonyl (C=S) groups is 1. The summed E-state index contributed by atoms with van der Waals surface area (Å²) in [5, 5.41) is 5.63. The largest absolute Gasteiger partial charge is 0.491 e. The Labute approximate surface area is 195 Å². The molecule has 2 aromatic rings. The first-order valence-electron chi connectivity index (χ1n) is 10.7. The van der Waals surface area contributed by atoms with Crippen LogP contribution in [0.15, 0.2) is 53.4 Å². The van der Waals surface area contributed by atoms with Crippen molar-refractivity contribution in [2.75, 3.05) is 5.32 Å². The van der Waals surface area contributed by atoms with E-state index in [9.17, 15) is 13.2 Å². The molecular formula is C23H29N3O4S2. The summed E-state index contributed by atoms with van der Waals surface area (Å²) in [4.78, 5) is 12.6. The van der Waals surface area contributed by atoms with Gasteiger partial charge in [0.25, 0.3) is 5.91 Å². The van der Waals surface area contributed by atoms with Crippen LogP contribution in [0.1, 0.15) is 56.3 Å². The van der Waals surface area contributed by atoms with Crippen molar-refractivity contribution in [2.24, 2.45) is 0 Å². The fourth-order valence-corrected chi connectivity index (χ4v) is 5.04. The van der Waals surface area contributed by atoms with Crippen molar-refractivity contribution < 1.29 is 17.9 Å². The van der Waals surface area contributed by atoms with Crippen LogP contribution in [0.5, 0.6) is 5.75 Å². The van der Waals surface area contributed by atoms with E-state index in [1.807, 2.05) is 13.8 Å². The number of benzene rings is 2. The van der Waals surface area contributed by atoms with Gasteiger partial charge in [-0.2, -0.15) is 0 Å². The predicted octanol–water partition coefficient (Wildman–Crippen LogP) is 4.21. The van der Waals surface area contributed by atoms with Crippen molar-refractivity contribution in [1.29, 1.82) is 0 Å². The van der Waals surface area contributed by atoms with Gasteiger partial charge in [0.15, 0.2) is 5.11 Å². The Morgan fingerprint density at radius 1 is 1.00 bits per heavy atom. The summed E-state index contributed by atoms with van der Waals surface area (Å²) in [6, 6.07) is 13.1. The van der Waals surface area contributed by atoms with E-state index >= 15 is 0 Å². The first kappa shape index (κ1) is 24.2. The second-order valence-corrected chi connectivity index (χ2v) is 10.2. The fraction of sp³-hybridized carbons (Fsp3) is 0.391. The molecule has 0 bridgehead atoms. The highest BCUT2D eigenvalue weighted by Gasteiger charge is 2.21. The number of hydrogen-bond acceptors (Lipinski definition) is 5. The van der Waals surface area contributed by atoms with Crippen molar-refractivity contribution in [3.63, 3.8) is 0 Å². The van der Waals surface area contributed by atoms with Gasteiger partial charge in [-0.1, -0.05) is 19.3 Å². The van der Waals surface area contributed by atoms with Gasteiger partial charge in [-0.3, -0.25) is 10.1 Å². The Morgan fingerprint density at radius 2 is 1.62 bits per heavy atom. The lowest BCUT2D eigenvalue weighted by molar-refractivity contribution is 0.0977. The van der Waals surface area contributed by atoms with Gasteiger partial charge in [0, 0.05) is 17.3 Å². The number of anilines is 1. The number of ether oxygens (including phenoxy) is 1. The number of sulfonamides is 1. The number of rotatable bonds is 7. The number of nitrogens with one attached hydrogen (secondary N) is 3. The van der Waals surface area contributed by atoms with Crippen LogP contribution in [-0.2, 0) is 10.0 Å². The van der Waals surface area contributed by atoms with Crippen molar-refractivity contribution in [3.05, 3.63) is 54.1 Å². The third-order valence-corrected chi connectivity index (χ3v) is 6.81. The van der Waals surface area contributed by atoms with E-state index in [0.29, 0.717) is 17.0 Å². The average Bonchev–Trinajstić information content (AvgIpc) is 2.74. The van der Waals surface area contributed by atoms with Gasteiger partial charge >= 0.3 is 0 Å². The Morgan fingerprint density at radius 3 is 2.22 bits per heavy atom. The van der Waals surface area contributed by atoms with Crippen LogP contribution in [0.3, 0.4) is 0 Å². The molecule has 0 aliphatic heterocycles. The molecule has 1 fully saturated rings. The maximum atomic E-state index is 12.6. The minimum absolute atomic E-state index is 0.000318. The van der Waals surface area contributed by atoms with Crippen molar-refractivity contribution >= 4 is 38.9 Å². The van der Waals surface area contributed by atoms with Crippen LogP contribution in [0.4, 0.5) is 5.69 Å². The summed E-state index contributed by atoms with van der Waals surface area (Å²) >= 11 is 5.21. The van der Waals surface area contributed by atoms with Gasteiger partial charge in [0.2, 0.25) is 10.0 Å². The minimum atomic E-state index is -3.56. The zero-order chi connectivity index (χ0) is 23.1. The van der Waals surface area contributed by atoms with Crippen LogP contribution in [0.2, 0.25) is 0 Å². The molecule has 0 radical (unpaired) electrons. The summed E-state index contributed by atoms with van der Waals surface area (Å²) < 4.78 is 33.6. The summed E-state index contributed by atoms with van der Waals surface area (Å²) in [5.74, 6) is 0.333. The first-order valence-corrected chi connectivity index (χ1v) is 12.6. The molecule has 0 aromatic heterocycles. The molecule has 0 heterocycles. The number of hydrogen-bond donors (Lipinski definition) is 3. The highest BCUT2D eigenvalue weighted by Crippen LogP contribution is 2.21. The van der Waals surface area contributed by atoms with Crippen LogP contribution in [0, 0.1) is 0 Å². The SMILES string of the molecule is CC(C)Oc1ccc(C(=O)NC(=S)Nc2ccc(S(=O)(=O)NC3CCCCC3)cc2)cc1. The zero-order valence-corrected chi connectivity index (χ0v) is 19.9. The molecule has 9 heteroatoms. The number of amides is 1. The fourth-order valence-electron chi connectivity index (χ4n) is 3.52. The molecule has 0 atom stereocenters. The Bertz CT molecular complexity index is 1030. The summed E-state index contributed by atoms with van der Waals surface area (Å²) in [6.45, 7) is 3.86. The van der Waals surface area contributed by atoms with E-state index in [1.54, 1.807) is 36.4 Å². The molecule has 172 valence electrons. The van der Waals surface area contributed by atoms with E-state index in [1.165, 1.54) is 12.1 Å². The Balaban J connectivity index is 1.54. The van der Waals surface area contributed by atoms with E-state index in [4.69, 9.17) is 17.0 Å².